The average Bonchev–Trinajstić information content (AvgIpc) is 2.91. The summed E-state index contributed by atoms with van der Waals surface area (Å²) in [7, 11) is 1.59. The van der Waals surface area contributed by atoms with E-state index in [1.165, 1.54) is 25.7 Å². The number of morpholine rings is 1. The van der Waals surface area contributed by atoms with E-state index in [2.05, 4.69) is 15.5 Å². The summed E-state index contributed by atoms with van der Waals surface area (Å²) in [5.41, 5.74) is 0.696. The number of hydrogen-bond donors (Lipinski definition) is 2. The Morgan fingerprint density at radius 2 is 1.85 bits per heavy atom. The van der Waals surface area contributed by atoms with Gasteiger partial charge in [0.05, 0.1) is 18.8 Å². The van der Waals surface area contributed by atoms with Crippen LogP contribution >= 0.6 is 0 Å². The first-order valence-electron chi connectivity index (χ1n) is 10.0. The molecule has 1 aromatic carbocycles. The summed E-state index contributed by atoms with van der Waals surface area (Å²) in [6, 6.07) is 8.68. The van der Waals surface area contributed by atoms with Crippen LogP contribution in [-0.4, -0.2) is 55.6 Å². The molecule has 0 aromatic heterocycles. The maximum Gasteiger partial charge on any atom is 0.246 e. The van der Waals surface area contributed by atoms with E-state index in [4.69, 9.17) is 4.74 Å². The summed E-state index contributed by atoms with van der Waals surface area (Å²) in [5, 5.41) is 5.54. The zero-order valence-electron chi connectivity index (χ0n) is 16.2. The first kappa shape index (κ1) is 19.8. The summed E-state index contributed by atoms with van der Waals surface area (Å²) in [6.07, 6.45) is 7.11. The van der Waals surface area contributed by atoms with Crippen molar-refractivity contribution in [3.8, 4) is 0 Å². The molecule has 1 atom stereocenters. The molecule has 2 N–H and O–H groups in total. The maximum absolute atomic E-state index is 12.7. The third-order valence-electron chi connectivity index (χ3n) is 5.66. The molecule has 1 saturated carbocycles. The predicted octanol–water partition coefficient (Wildman–Crippen LogP) is 2.02. The van der Waals surface area contributed by atoms with Gasteiger partial charge in [-0.05, 0) is 18.4 Å². The van der Waals surface area contributed by atoms with E-state index in [1.54, 1.807) is 7.05 Å². The molecule has 27 heavy (non-hydrogen) atoms. The van der Waals surface area contributed by atoms with Crippen LogP contribution in [0.5, 0.6) is 0 Å². The highest BCUT2D eigenvalue weighted by Crippen LogP contribution is 2.33. The van der Waals surface area contributed by atoms with Crippen molar-refractivity contribution in [3.05, 3.63) is 35.9 Å². The first-order valence-corrected chi connectivity index (χ1v) is 10.0. The molecule has 1 spiro atoms. The normalized spacial score (nSPS) is 21.2. The van der Waals surface area contributed by atoms with E-state index < -0.39 is 6.04 Å². The summed E-state index contributed by atoms with van der Waals surface area (Å²) in [4.78, 5) is 27.1. The smallest absolute Gasteiger partial charge is 0.246 e. The molecule has 2 amide bonds. The average molecular weight is 373 g/mol. The number of amides is 2. The lowest BCUT2D eigenvalue weighted by Gasteiger charge is -2.42. The molecule has 6 heteroatoms. The summed E-state index contributed by atoms with van der Waals surface area (Å²) in [6.45, 7) is 2.53. The van der Waals surface area contributed by atoms with Gasteiger partial charge >= 0.3 is 0 Å². The second-order valence-electron chi connectivity index (χ2n) is 7.68. The molecule has 2 aliphatic rings. The highest BCUT2D eigenvalue weighted by atomic mass is 16.5. The lowest BCUT2D eigenvalue weighted by atomic mass is 9.92. The van der Waals surface area contributed by atoms with Gasteiger partial charge < -0.3 is 15.4 Å². The molecular formula is C21H31N3O3. The van der Waals surface area contributed by atoms with Crippen LogP contribution in [-0.2, 0) is 14.3 Å². The molecule has 1 unspecified atom stereocenters. The number of carbonyl (C=O) groups excluding carboxylic acids is 2. The molecule has 3 rings (SSSR count). The van der Waals surface area contributed by atoms with Crippen molar-refractivity contribution in [2.45, 2.75) is 50.2 Å². The molecule has 0 bridgehead atoms. The fourth-order valence-electron chi connectivity index (χ4n) is 4.23. The predicted molar refractivity (Wildman–Crippen MR) is 104 cm³/mol. The van der Waals surface area contributed by atoms with Crippen molar-refractivity contribution >= 4 is 11.8 Å². The highest BCUT2D eigenvalue weighted by molar-refractivity contribution is 5.89. The Labute approximate surface area is 161 Å². The Morgan fingerprint density at radius 1 is 1.15 bits per heavy atom. The van der Waals surface area contributed by atoms with Gasteiger partial charge in [0, 0.05) is 20.1 Å². The number of rotatable bonds is 5. The number of nitrogens with one attached hydrogen (secondary N) is 2. The van der Waals surface area contributed by atoms with Crippen LogP contribution in [0.25, 0.3) is 0 Å². The van der Waals surface area contributed by atoms with E-state index in [0.29, 0.717) is 13.2 Å². The standard InChI is InChI=1S/C21H31N3O3/c1-22-20(26)19(17-9-5-4-6-10-17)23-18(25)15-24-13-14-27-21(16-24)11-7-2-3-8-12-21/h4-6,9-10,19H,2-3,7-8,11-16H2,1H3,(H,22,26)(H,23,25). The fourth-order valence-corrected chi connectivity index (χ4v) is 4.23. The number of ether oxygens (including phenoxy) is 1. The minimum atomic E-state index is -0.670. The van der Waals surface area contributed by atoms with Gasteiger partial charge in [-0.1, -0.05) is 56.0 Å². The lowest BCUT2D eigenvalue weighted by Crippen LogP contribution is -2.54. The fraction of sp³-hybridized carbons (Fsp3) is 0.619. The third-order valence-corrected chi connectivity index (χ3v) is 5.66. The van der Waals surface area contributed by atoms with Crippen molar-refractivity contribution < 1.29 is 14.3 Å². The number of nitrogens with zero attached hydrogens (tertiary/aromatic N) is 1. The van der Waals surface area contributed by atoms with Crippen LogP contribution in [0.1, 0.15) is 50.1 Å². The number of benzene rings is 1. The van der Waals surface area contributed by atoms with Crippen molar-refractivity contribution in [2.24, 2.45) is 0 Å². The Bertz CT molecular complexity index is 627. The van der Waals surface area contributed by atoms with Crippen LogP contribution in [0.4, 0.5) is 0 Å². The number of likely N-dealkylation sites (N-methyl/N-ethyl adjacent to an activating group) is 1. The van der Waals surface area contributed by atoms with E-state index in [9.17, 15) is 9.59 Å². The van der Waals surface area contributed by atoms with Crippen LogP contribution in [0.3, 0.4) is 0 Å². The van der Waals surface area contributed by atoms with Gasteiger partial charge in [-0.3, -0.25) is 14.5 Å². The van der Waals surface area contributed by atoms with Crippen molar-refractivity contribution in [1.82, 2.24) is 15.5 Å². The third kappa shape index (κ3) is 5.30. The Morgan fingerprint density at radius 3 is 2.52 bits per heavy atom. The second-order valence-corrected chi connectivity index (χ2v) is 7.68. The van der Waals surface area contributed by atoms with Crippen molar-refractivity contribution in [2.75, 3.05) is 33.3 Å². The topological polar surface area (TPSA) is 70.7 Å². The molecule has 2 fully saturated rings. The van der Waals surface area contributed by atoms with Crippen molar-refractivity contribution in [3.63, 3.8) is 0 Å². The zero-order chi connectivity index (χ0) is 19.1. The van der Waals surface area contributed by atoms with E-state index in [0.717, 1.165) is 31.5 Å². The van der Waals surface area contributed by atoms with E-state index in [-0.39, 0.29) is 17.4 Å². The summed E-state index contributed by atoms with van der Waals surface area (Å²) >= 11 is 0. The van der Waals surface area contributed by atoms with Gasteiger partial charge in [0.25, 0.3) is 0 Å². The molecule has 1 aromatic rings. The van der Waals surface area contributed by atoms with Crippen molar-refractivity contribution in [1.29, 1.82) is 0 Å². The second kappa shape index (κ2) is 9.33. The Balaban J connectivity index is 1.61. The Hall–Kier alpha value is -1.92. The monoisotopic (exact) mass is 373 g/mol. The number of hydrogen-bond acceptors (Lipinski definition) is 4. The zero-order valence-corrected chi connectivity index (χ0v) is 16.2. The largest absolute Gasteiger partial charge is 0.372 e. The molecule has 1 saturated heterocycles. The SMILES string of the molecule is CNC(=O)C(NC(=O)CN1CCOC2(CCCCCC2)C1)c1ccccc1. The van der Waals surface area contributed by atoms with Gasteiger partial charge in [0.1, 0.15) is 6.04 Å². The van der Waals surface area contributed by atoms with Crippen LogP contribution < -0.4 is 10.6 Å². The Kier molecular flexibility index (Phi) is 6.85. The van der Waals surface area contributed by atoms with E-state index >= 15 is 0 Å². The maximum atomic E-state index is 12.7. The van der Waals surface area contributed by atoms with Gasteiger partial charge in [0.15, 0.2) is 0 Å². The molecule has 1 aliphatic carbocycles. The molecule has 0 radical (unpaired) electrons. The van der Waals surface area contributed by atoms with Gasteiger partial charge in [-0.25, -0.2) is 0 Å². The van der Waals surface area contributed by atoms with E-state index in [1.807, 2.05) is 30.3 Å². The number of carbonyl (C=O) groups is 2. The van der Waals surface area contributed by atoms with Gasteiger partial charge in [-0.2, -0.15) is 0 Å². The molecule has 1 aliphatic heterocycles. The molecule has 6 nitrogen and oxygen atoms in total. The van der Waals surface area contributed by atoms with Crippen LogP contribution in [0, 0.1) is 0 Å². The molecule has 148 valence electrons. The van der Waals surface area contributed by atoms with Crippen LogP contribution in [0.2, 0.25) is 0 Å². The lowest BCUT2D eigenvalue weighted by molar-refractivity contribution is -0.136. The minimum absolute atomic E-state index is 0.0886. The first-order chi connectivity index (χ1) is 13.1. The quantitative estimate of drug-likeness (QED) is 0.828. The molecular weight excluding hydrogens is 342 g/mol. The van der Waals surface area contributed by atoms with Gasteiger partial charge in [-0.15, -0.1) is 0 Å². The minimum Gasteiger partial charge on any atom is -0.372 e. The van der Waals surface area contributed by atoms with Gasteiger partial charge in [0.2, 0.25) is 11.8 Å². The molecule has 1 heterocycles. The summed E-state index contributed by atoms with van der Waals surface area (Å²) < 4.78 is 6.17. The van der Waals surface area contributed by atoms with Crippen LogP contribution in [0.15, 0.2) is 30.3 Å². The summed E-state index contributed by atoms with van der Waals surface area (Å²) in [5.74, 6) is -0.338. The highest BCUT2D eigenvalue weighted by Gasteiger charge is 2.37.